The molecular formula is C15H12ClN3O6. The van der Waals surface area contributed by atoms with Gasteiger partial charge in [0.2, 0.25) is 0 Å². The molecule has 0 saturated heterocycles. The number of aliphatic carboxylic acids is 1. The normalized spacial score (nSPS) is 12.2. The van der Waals surface area contributed by atoms with Crippen molar-refractivity contribution in [2.45, 2.75) is 19.3 Å². The fourth-order valence-electron chi connectivity index (χ4n) is 2.19. The first-order chi connectivity index (χ1) is 12.0. The SMILES string of the molecule is O=C(O)CCn1c(=O)oc2cc(O[C@@H](O)c3ncccn3)c(Cl)cc21. The lowest BCUT2D eigenvalue weighted by Gasteiger charge is -2.13. The number of hydrogen-bond donors (Lipinski definition) is 2. The number of aromatic nitrogens is 3. The summed E-state index contributed by atoms with van der Waals surface area (Å²) in [5, 5.41) is 18.9. The van der Waals surface area contributed by atoms with Crippen LogP contribution in [0.1, 0.15) is 18.5 Å². The van der Waals surface area contributed by atoms with Crippen molar-refractivity contribution in [3.05, 3.63) is 52.0 Å². The molecule has 0 spiro atoms. The third kappa shape index (κ3) is 3.62. The average Bonchev–Trinajstić information content (AvgIpc) is 2.88. The van der Waals surface area contributed by atoms with Crippen LogP contribution in [0.25, 0.3) is 11.1 Å². The smallest absolute Gasteiger partial charge is 0.419 e. The zero-order valence-corrected chi connectivity index (χ0v) is 13.4. The Morgan fingerprint density at radius 3 is 2.76 bits per heavy atom. The van der Waals surface area contributed by atoms with Gasteiger partial charge in [-0.1, -0.05) is 11.6 Å². The standard InChI is InChI=1S/C15H12ClN3O6/c16-8-6-9-11(25-15(23)19(9)5-2-12(20)21)7-10(8)24-14(22)13-17-3-1-4-18-13/h1,3-4,6-7,14,22H,2,5H2,(H,20,21)/t14-/m1/s1. The van der Waals surface area contributed by atoms with Crippen molar-refractivity contribution in [1.29, 1.82) is 0 Å². The van der Waals surface area contributed by atoms with E-state index in [1.807, 2.05) is 0 Å². The molecule has 3 aromatic rings. The number of aliphatic hydroxyl groups excluding tert-OH is 1. The van der Waals surface area contributed by atoms with Crippen LogP contribution in [0.15, 0.2) is 39.8 Å². The summed E-state index contributed by atoms with van der Waals surface area (Å²) in [7, 11) is 0. The molecule has 3 rings (SSSR count). The van der Waals surface area contributed by atoms with E-state index >= 15 is 0 Å². The molecule has 0 amide bonds. The predicted molar refractivity (Wildman–Crippen MR) is 85.4 cm³/mol. The predicted octanol–water partition coefficient (Wildman–Crippen LogP) is 1.58. The zero-order valence-electron chi connectivity index (χ0n) is 12.6. The number of carbonyl (C=O) groups is 1. The summed E-state index contributed by atoms with van der Waals surface area (Å²) in [6, 6.07) is 4.32. The van der Waals surface area contributed by atoms with Crippen LogP contribution in [0.4, 0.5) is 0 Å². The lowest BCUT2D eigenvalue weighted by molar-refractivity contribution is -0.137. The number of nitrogens with zero attached hydrogens (tertiary/aromatic N) is 3. The summed E-state index contributed by atoms with van der Waals surface area (Å²) < 4.78 is 11.6. The van der Waals surface area contributed by atoms with Gasteiger partial charge < -0.3 is 19.4 Å². The molecule has 0 radical (unpaired) electrons. The third-order valence-electron chi connectivity index (χ3n) is 3.32. The van der Waals surface area contributed by atoms with Crippen LogP contribution < -0.4 is 10.5 Å². The van der Waals surface area contributed by atoms with Crippen LogP contribution in [-0.4, -0.2) is 30.7 Å². The maximum absolute atomic E-state index is 11.9. The van der Waals surface area contributed by atoms with Crippen molar-refractivity contribution in [3.8, 4) is 5.75 Å². The Bertz CT molecular complexity index is 969. The molecule has 0 aliphatic heterocycles. The van der Waals surface area contributed by atoms with Crippen molar-refractivity contribution in [3.63, 3.8) is 0 Å². The molecule has 2 N–H and O–H groups in total. The van der Waals surface area contributed by atoms with Gasteiger partial charge in [-0.15, -0.1) is 0 Å². The lowest BCUT2D eigenvalue weighted by Crippen LogP contribution is -2.16. The number of hydrogen-bond acceptors (Lipinski definition) is 7. The minimum absolute atomic E-state index is 0.0409. The van der Waals surface area contributed by atoms with Crippen molar-refractivity contribution < 1.29 is 24.2 Å². The van der Waals surface area contributed by atoms with E-state index in [-0.39, 0.29) is 35.1 Å². The largest absolute Gasteiger partial charge is 0.481 e. The number of carboxylic acids is 1. The Labute approximate surface area is 145 Å². The van der Waals surface area contributed by atoms with E-state index in [0.29, 0.717) is 5.52 Å². The van der Waals surface area contributed by atoms with Gasteiger partial charge in [-0.05, 0) is 12.1 Å². The minimum Gasteiger partial charge on any atom is -0.481 e. The van der Waals surface area contributed by atoms with Gasteiger partial charge in [0, 0.05) is 25.0 Å². The van der Waals surface area contributed by atoms with Gasteiger partial charge in [0.25, 0.3) is 6.29 Å². The van der Waals surface area contributed by atoms with Crippen LogP contribution in [-0.2, 0) is 11.3 Å². The Kier molecular flexibility index (Phi) is 4.68. The van der Waals surface area contributed by atoms with Gasteiger partial charge >= 0.3 is 11.7 Å². The number of fused-ring (bicyclic) bond motifs is 1. The monoisotopic (exact) mass is 365 g/mol. The molecule has 1 aromatic carbocycles. The quantitative estimate of drug-likeness (QED) is 0.630. The first-order valence-electron chi connectivity index (χ1n) is 7.12. The maximum atomic E-state index is 11.9. The van der Waals surface area contributed by atoms with Crippen LogP contribution in [0.3, 0.4) is 0 Å². The van der Waals surface area contributed by atoms with Gasteiger partial charge in [0.15, 0.2) is 11.4 Å². The molecule has 0 aliphatic rings. The lowest BCUT2D eigenvalue weighted by atomic mass is 10.3. The molecule has 0 saturated carbocycles. The maximum Gasteiger partial charge on any atom is 0.419 e. The average molecular weight is 366 g/mol. The highest BCUT2D eigenvalue weighted by atomic mass is 35.5. The zero-order chi connectivity index (χ0) is 18.0. The van der Waals surface area contributed by atoms with E-state index in [1.165, 1.54) is 24.5 Å². The highest BCUT2D eigenvalue weighted by Gasteiger charge is 2.18. The molecule has 10 heteroatoms. The Morgan fingerprint density at radius 2 is 2.08 bits per heavy atom. The number of carboxylic acid groups (broad SMARTS) is 1. The van der Waals surface area contributed by atoms with Crippen LogP contribution in [0.5, 0.6) is 5.75 Å². The van der Waals surface area contributed by atoms with Crippen molar-refractivity contribution in [2.24, 2.45) is 0 Å². The number of aryl methyl sites for hydroxylation is 1. The molecule has 0 unspecified atom stereocenters. The molecule has 2 aromatic heterocycles. The number of rotatable bonds is 6. The number of ether oxygens (including phenoxy) is 1. The molecule has 130 valence electrons. The summed E-state index contributed by atoms with van der Waals surface area (Å²) in [6.07, 6.45) is 1.19. The number of halogens is 1. The van der Waals surface area contributed by atoms with Crippen molar-refractivity contribution >= 4 is 28.7 Å². The minimum atomic E-state index is -1.46. The van der Waals surface area contributed by atoms with E-state index in [4.69, 9.17) is 25.9 Å². The highest BCUT2D eigenvalue weighted by molar-refractivity contribution is 6.32. The number of oxazole rings is 1. The van der Waals surface area contributed by atoms with E-state index in [0.717, 1.165) is 4.57 Å². The first-order valence-corrected chi connectivity index (χ1v) is 7.50. The summed E-state index contributed by atoms with van der Waals surface area (Å²) in [5.41, 5.74) is 0.477. The second kappa shape index (κ2) is 6.91. The van der Waals surface area contributed by atoms with Gasteiger partial charge in [0.1, 0.15) is 5.75 Å². The summed E-state index contributed by atoms with van der Waals surface area (Å²) in [5.74, 6) is -1.65. The summed E-state index contributed by atoms with van der Waals surface area (Å²) in [6.45, 7) is -0.0574. The van der Waals surface area contributed by atoms with Crippen molar-refractivity contribution in [2.75, 3.05) is 0 Å². The van der Waals surface area contributed by atoms with Crippen LogP contribution >= 0.6 is 11.6 Å². The van der Waals surface area contributed by atoms with Gasteiger partial charge in [-0.3, -0.25) is 9.36 Å². The number of aliphatic hydroxyl groups is 1. The molecule has 9 nitrogen and oxygen atoms in total. The second-order valence-electron chi connectivity index (χ2n) is 4.99. The van der Waals surface area contributed by atoms with Gasteiger partial charge in [-0.25, -0.2) is 14.8 Å². The van der Waals surface area contributed by atoms with Crippen LogP contribution in [0.2, 0.25) is 5.02 Å². The van der Waals surface area contributed by atoms with Crippen molar-refractivity contribution in [1.82, 2.24) is 14.5 Å². The fraction of sp³-hybridized carbons (Fsp3) is 0.200. The first kappa shape index (κ1) is 16.9. The van der Waals surface area contributed by atoms with E-state index < -0.39 is 18.0 Å². The summed E-state index contributed by atoms with van der Waals surface area (Å²) >= 11 is 6.13. The molecule has 25 heavy (non-hydrogen) atoms. The third-order valence-corrected chi connectivity index (χ3v) is 3.61. The summed E-state index contributed by atoms with van der Waals surface area (Å²) in [4.78, 5) is 30.3. The van der Waals surface area contributed by atoms with Gasteiger partial charge in [0.05, 0.1) is 17.0 Å². The highest BCUT2D eigenvalue weighted by Crippen LogP contribution is 2.32. The molecule has 0 fully saturated rings. The van der Waals surface area contributed by atoms with E-state index in [9.17, 15) is 14.7 Å². The fourth-order valence-corrected chi connectivity index (χ4v) is 2.39. The Balaban J connectivity index is 1.92. The number of benzene rings is 1. The molecule has 1 atom stereocenters. The molecule has 0 aliphatic carbocycles. The Hall–Kier alpha value is -2.91. The Morgan fingerprint density at radius 1 is 1.36 bits per heavy atom. The second-order valence-corrected chi connectivity index (χ2v) is 5.40. The van der Waals surface area contributed by atoms with E-state index in [1.54, 1.807) is 6.07 Å². The van der Waals surface area contributed by atoms with Crippen LogP contribution in [0, 0.1) is 0 Å². The van der Waals surface area contributed by atoms with Gasteiger partial charge in [-0.2, -0.15) is 0 Å². The molecular weight excluding hydrogens is 354 g/mol. The van der Waals surface area contributed by atoms with E-state index in [2.05, 4.69) is 9.97 Å². The molecule has 2 heterocycles. The topological polar surface area (TPSA) is 128 Å². The molecule has 0 bridgehead atoms.